The second kappa shape index (κ2) is 2.97. The Hall–Kier alpha value is -1.31. The molecule has 0 spiro atoms. The number of hydrogen-bond acceptors (Lipinski definition) is 1. The Labute approximate surface area is 71.7 Å². The molecule has 2 heteroatoms. The van der Waals surface area contributed by atoms with Crippen LogP contribution in [0.1, 0.15) is 19.3 Å². The van der Waals surface area contributed by atoms with E-state index in [0.29, 0.717) is 6.42 Å². The molecule has 0 fully saturated rings. The van der Waals surface area contributed by atoms with E-state index < -0.39 is 0 Å². The Morgan fingerprint density at radius 1 is 1.17 bits per heavy atom. The molecule has 1 aliphatic carbocycles. The SMILES string of the molecule is O=C1CCC2=C(C=CCC=C2)N1. The molecule has 0 aromatic carbocycles. The van der Waals surface area contributed by atoms with E-state index in [2.05, 4.69) is 23.5 Å². The number of nitrogens with one attached hydrogen (secondary N) is 1. The van der Waals surface area contributed by atoms with Crippen molar-refractivity contribution in [2.24, 2.45) is 0 Å². The minimum atomic E-state index is 0.133. The second-order valence-electron chi connectivity index (χ2n) is 3.03. The normalized spacial score (nSPS) is 21.8. The first-order valence-electron chi connectivity index (χ1n) is 4.22. The van der Waals surface area contributed by atoms with Crippen molar-refractivity contribution in [2.45, 2.75) is 19.3 Å². The van der Waals surface area contributed by atoms with Crippen LogP contribution in [0.5, 0.6) is 0 Å². The van der Waals surface area contributed by atoms with Gasteiger partial charge in [-0.15, -0.1) is 0 Å². The topological polar surface area (TPSA) is 29.1 Å². The number of amides is 1. The Morgan fingerprint density at radius 2 is 2.00 bits per heavy atom. The Kier molecular flexibility index (Phi) is 1.82. The van der Waals surface area contributed by atoms with Gasteiger partial charge in [0, 0.05) is 12.1 Å². The maximum Gasteiger partial charge on any atom is 0.224 e. The molecule has 0 radical (unpaired) electrons. The van der Waals surface area contributed by atoms with Crippen molar-refractivity contribution in [3.63, 3.8) is 0 Å². The molecule has 1 amide bonds. The van der Waals surface area contributed by atoms with Crippen molar-refractivity contribution in [2.75, 3.05) is 0 Å². The number of rotatable bonds is 0. The third-order valence-electron chi connectivity index (χ3n) is 2.12. The lowest BCUT2D eigenvalue weighted by molar-refractivity contribution is -0.120. The highest BCUT2D eigenvalue weighted by atomic mass is 16.1. The molecule has 0 aromatic rings. The van der Waals surface area contributed by atoms with E-state index >= 15 is 0 Å². The van der Waals surface area contributed by atoms with E-state index in [1.54, 1.807) is 0 Å². The van der Waals surface area contributed by atoms with Crippen LogP contribution in [-0.4, -0.2) is 5.91 Å². The van der Waals surface area contributed by atoms with Gasteiger partial charge in [-0.1, -0.05) is 18.2 Å². The van der Waals surface area contributed by atoms with Gasteiger partial charge in [0.15, 0.2) is 0 Å². The molecule has 0 saturated carbocycles. The van der Waals surface area contributed by atoms with Crippen LogP contribution in [0, 0.1) is 0 Å². The number of carbonyl (C=O) groups excluding carboxylic acids is 1. The fraction of sp³-hybridized carbons (Fsp3) is 0.300. The average molecular weight is 161 g/mol. The minimum absolute atomic E-state index is 0.133. The molecule has 0 atom stereocenters. The van der Waals surface area contributed by atoms with Gasteiger partial charge in [-0.25, -0.2) is 0 Å². The zero-order chi connectivity index (χ0) is 8.39. The van der Waals surface area contributed by atoms with Crippen LogP contribution < -0.4 is 5.32 Å². The summed E-state index contributed by atoms with van der Waals surface area (Å²) in [5.41, 5.74) is 2.24. The largest absolute Gasteiger partial charge is 0.326 e. The summed E-state index contributed by atoms with van der Waals surface area (Å²) in [6, 6.07) is 0. The highest BCUT2D eigenvalue weighted by Gasteiger charge is 2.14. The maximum absolute atomic E-state index is 11.0. The van der Waals surface area contributed by atoms with E-state index in [-0.39, 0.29) is 5.91 Å². The van der Waals surface area contributed by atoms with Crippen LogP contribution in [-0.2, 0) is 4.79 Å². The first-order valence-corrected chi connectivity index (χ1v) is 4.22. The smallest absolute Gasteiger partial charge is 0.224 e. The molecule has 0 bridgehead atoms. The van der Waals surface area contributed by atoms with Gasteiger partial charge >= 0.3 is 0 Å². The summed E-state index contributed by atoms with van der Waals surface area (Å²) in [6.45, 7) is 0. The summed E-state index contributed by atoms with van der Waals surface area (Å²) < 4.78 is 0. The van der Waals surface area contributed by atoms with Gasteiger partial charge in [0.1, 0.15) is 0 Å². The molecule has 2 nitrogen and oxygen atoms in total. The molecule has 1 heterocycles. The molecular weight excluding hydrogens is 150 g/mol. The Bertz CT molecular complexity index is 297. The maximum atomic E-state index is 11.0. The fourth-order valence-electron chi connectivity index (χ4n) is 1.47. The second-order valence-corrected chi connectivity index (χ2v) is 3.03. The van der Waals surface area contributed by atoms with Gasteiger partial charge in [0.05, 0.1) is 0 Å². The predicted molar refractivity (Wildman–Crippen MR) is 47.3 cm³/mol. The van der Waals surface area contributed by atoms with E-state index in [0.717, 1.165) is 18.5 Å². The predicted octanol–water partition coefficient (Wildman–Crippen LogP) is 1.67. The van der Waals surface area contributed by atoms with Crippen LogP contribution >= 0.6 is 0 Å². The van der Waals surface area contributed by atoms with Crippen LogP contribution in [0.3, 0.4) is 0 Å². The van der Waals surface area contributed by atoms with Crippen LogP contribution in [0.25, 0.3) is 0 Å². The molecule has 2 aliphatic rings. The van der Waals surface area contributed by atoms with E-state index in [1.807, 2.05) is 6.08 Å². The summed E-state index contributed by atoms with van der Waals surface area (Å²) in [7, 11) is 0. The van der Waals surface area contributed by atoms with Crippen molar-refractivity contribution in [3.8, 4) is 0 Å². The average Bonchev–Trinajstić information content (AvgIpc) is 2.28. The quantitative estimate of drug-likeness (QED) is 0.575. The highest BCUT2D eigenvalue weighted by molar-refractivity contribution is 5.80. The van der Waals surface area contributed by atoms with E-state index in [9.17, 15) is 4.79 Å². The van der Waals surface area contributed by atoms with Crippen molar-refractivity contribution in [3.05, 3.63) is 35.6 Å². The van der Waals surface area contributed by atoms with E-state index in [4.69, 9.17) is 0 Å². The molecule has 62 valence electrons. The lowest BCUT2D eigenvalue weighted by atomic mass is 10.0. The minimum Gasteiger partial charge on any atom is -0.326 e. The van der Waals surface area contributed by atoms with Gasteiger partial charge in [0.2, 0.25) is 5.91 Å². The summed E-state index contributed by atoms with van der Waals surface area (Å²) in [5.74, 6) is 0.133. The van der Waals surface area contributed by atoms with Gasteiger partial charge in [-0.3, -0.25) is 4.79 Å². The Morgan fingerprint density at radius 3 is 2.92 bits per heavy atom. The van der Waals surface area contributed by atoms with Gasteiger partial charge in [0.25, 0.3) is 0 Å². The number of hydrogen-bond donors (Lipinski definition) is 1. The molecule has 1 N–H and O–H groups in total. The highest BCUT2D eigenvalue weighted by Crippen LogP contribution is 2.19. The lowest BCUT2D eigenvalue weighted by Crippen LogP contribution is -2.26. The first kappa shape index (κ1) is 7.35. The summed E-state index contributed by atoms with van der Waals surface area (Å²) >= 11 is 0. The van der Waals surface area contributed by atoms with Gasteiger partial charge in [-0.05, 0) is 24.5 Å². The Balaban J connectivity index is 2.33. The fourth-order valence-corrected chi connectivity index (χ4v) is 1.47. The van der Waals surface area contributed by atoms with Crippen molar-refractivity contribution < 1.29 is 4.79 Å². The zero-order valence-corrected chi connectivity index (χ0v) is 6.84. The molecule has 2 rings (SSSR count). The lowest BCUT2D eigenvalue weighted by Gasteiger charge is -2.15. The first-order chi connectivity index (χ1) is 5.86. The third-order valence-corrected chi connectivity index (χ3v) is 2.12. The van der Waals surface area contributed by atoms with Gasteiger partial charge in [-0.2, -0.15) is 0 Å². The van der Waals surface area contributed by atoms with Crippen molar-refractivity contribution in [1.29, 1.82) is 0 Å². The molecule has 12 heavy (non-hydrogen) atoms. The monoisotopic (exact) mass is 161 g/mol. The number of allylic oxidation sites excluding steroid dienone is 5. The van der Waals surface area contributed by atoms with E-state index in [1.165, 1.54) is 5.57 Å². The molecule has 0 unspecified atom stereocenters. The summed E-state index contributed by atoms with van der Waals surface area (Å²) in [5, 5.41) is 2.86. The van der Waals surface area contributed by atoms with Crippen LogP contribution in [0.4, 0.5) is 0 Å². The van der Waals surface area contributed by atoms with Crippen molar-refractivity contribution in [1.82, 2.24) is 5.32 Å². The van der Waals surface area contributed by atoms with Gasteiger partial charge < -0.3 is 5.32 Å². The summed E-state index contributed by atoms with van der Waals surface area (Å²) in [4.78, 5) is 11.0. The van der Waals surface area contributed by atoms with Crippen LogP contribution in [0.2, 0.25) is 0 Å². The van der Waals surface area contributed by atoms with Crippen molar-refractivity contribution >= 4 is 5.91 Å². The van der Waals surface area contributed by atoms with Crippen LogP contribution in [0.15, 0.2) is 35.6 Å². The molecular formula is C10H11NO. The third kappa shape index (κ3) is 1.33. The summed E-state index contributed by atoms with van der Waals surface area (Å²) in [6.07, 6.45) is 10.7. The standard InChI is InChI=1S/C10H11NO/c12-10-7-6-8-4-2-1-3-5-9(8)11-10/h2-5H,1,6-7H2,(H,11,12). The number of carbonyl (C=O) groups is 1. The molecule has 0 saturated heterocycles. The zero-order valence-electron chi connectivity index (χ0n) is 6.84. The molecule has 0 aromatic heterocycles. The molecule has 1 aliphatic heterocycles.